The average molecular weight is 515 g/mol. The molecule has 0 aliphatic carbocycles. The maximum atomic E-state index is 9.76. The fourth-order valence-electron chi connectivity index (χ4n) is 6.34. The van der Waals surface area contributed by atoms with E-state index >= 15 is 0 Å². The minimum absolute atomic E-state index is 0.152. The van der Waals surface area contributed by atoms with Crippen LogP contribution in [0.3, 0.4) is 0 Å². The first kappa shape index (κ1) is 22.5. The van der Waals surface area contributed by atoms with Crippen molar-refractivity contribution in [2.24, 2.45) is 0 Å². The van der Waals surface area contributed by atoms with E-state index in [1.807, 2.05) is 54.6 Å². The molecule has 0 radical (unpaired) electrons. The predicted octanol–water partition coefficient (Wildman–Crippen LogP) is 8.95. The summed E-state index contributed by atoms with van der Waals surface area (Å²) in [6.07, 6.45) is 0. The molecule has 0 amide bonds. The quantitative estimate of drug-likeness (QED) is 0.231. The summed E-state index contributed by atoms with van der Waals surface area (Å²) in [7, 11) is 0. The van der Waals surface area contributed by atoms with Gasteiger partial charge in [-0.15, -0.1) is 0 Å². The van der Waals surface area contributed by atoms with Crippen molar-refractivity contribution >= 4 is 55.1 Å². The summed E-state index contributed by atoms with van der Waals surface area (Å²) in [4.78, 5) is 2.34. The zero-order valence-electron chi connectivity index (χ0n) is 21.9. The molecule has 5 heteroatoms. The molecule has 5 nitrogen and oxygen atoms in total. The first-order valence-electron chi connectivity index (χ1n) is 13.3. The summed E-state index contributed by atoms with van der Waals surface area (Å²) in [5, 5.41) is 23.6. The van der Waals surface area contributed by atoms with Gasteiger partial charge in [-0.2, -0.15) is 10.5 Å². The number of nitriles is 2. The number of hydrogen-bond acceptors (Lipinski definition) is 4. The minimum atomic E-state index is 0.152. The average Bonchev–Trinajstić information content (AvgIpc) is 3.51. The summed E-state index contributed by atoms with van der Waals surface area (Å²) >= 11 is 0. The van der Waals surface area contributed by atoms with Crippen molar-refractivity contribution in [3.8, 4) is 29.0 Å². The van der Waals surface area contributed by atoms with Crippen molar-refractivity contribution in [2.45, 2.75) is 19.9 Å². The molecule has 1 aliphatic heterocycles. The molecular formula is C35H22N4O. The number of rotatable bonds is 2. The van der Waals surface area contributed by atoms with E-state index in [0.29, 0.717) is 11.1 Å². The Morgan fingerprint density at radius 2 is 1.40 bits per heavy atom. The zero-order valence-corrected chi connectivity index (χ0v) is 21.9. The van der Waals surface area contributed by atoms with Gasteiger partial charge in [0.2, 0.25) is 0 Å². The van der Waals surface area contributed by atoms with Crippen LogP contribution in [0.25, 0.3) is 60.6 Å². The molecule has 8 rings (SSSR count). The molecule has 0 atom stereocenters. The summed E-state index contributed by atoms with van der Waals surface area (Å²) in [6.45, 7) is 4.36. The SMILES string of the molecule is CC(C)N1c2cc(C#N)ccc2-n2c3cc4oc5ccccc5c4cc3c3cc(-c4ccc(C#N)cc4)cc1c32. The van der Waals surface area contributed by atoms with Gasteiger partial charge in [0.25, 0.3) is 0 Å². The highest BCUT2D eigenvalue weighted by molar-refractivity contribution is 6.21. The summed E-state index contributed by atoms with van der Waals surface area (Å²) in [6, 6.07) is 35.5. The molecule has 1 aliphatic rings. The van der Waals surface area contributed by atoms with Gasteiger partial charge in [-0.3, -0.25) is 0 Å². The van der Waals surface area contributed by atoms with E-state index in [4.69, 9.17) is 4.42 Å². The number of fused-ring (bicyclic) bond motifs is 8. The number of anilines is 2. The van der Waals surface area contributed by atoms with Crippen molar-refractivity contribution in [1.82, 2.24) is 4.57 Å². The van der Waals surface area contributed by atoms with Crippen LogP contribution < -0.4 is 4.90 Å². The van der Waals surface area contributed by atoms with Crippen LogP contribution in [0.4, 0.5) is 11.4 Å². The second-order valence-electron chi connectivity index (χ2n) is 10.7. The zero-order chi connectivity index (χ0) is 27.1. The maximum Gasteiger partial charge on any atom is 0.137 e. The molecule has 0 unspecified atom stereocenters. The molecule has 7 aromatic rings. The third kappa shape index (κ3) is 2.95. The second-order valence-corrected chi connectivity index (χ2v) is 10.7. The maximum absolute atomic E-state index is 9.76. The number of para-hydroxylation sites is 1. The number of nitrogens with zero attached hydrogens (tertiary/aromatic N) is 4. The molecule has 0 spiro atoms. The third-order valence-corrected chi connectivity index (χ3v) is 8.07. The van der Waals surface area contributed by atoms with Gasteiger partial charge >= 0.3 is 0 Å². The summed E-state index contributed by atoms with van der Waals surface area (Å²) < 4.78 is 8.63. The lowest BCUT2D eigenvalue weighted by Gasteiger charge is -2.36. The van der Waals surface area contributed by atoms with E-state index in [1.54, 1.807) is 0 Å². The molecule has 2 aromatic heterocycles. The minimum Gasteiger partial charge on any atom is -0.456 e. The van der Waals surface area contributed by atoms with Crippen LogP contribution in [-0.4, -0.2) is 10.6 Å². The van der Waals surface area contributed by atoms with Crippen molar-refractivity contribution in [3.05, 3.63) is 102 Å². The first-order valence-corrected chi connectivity index (χ1v) is 13.3. The summed E-state index contributed by atoms with van der Waals surface area (Å²) in [5.41, 5.74) is 10.4. The predicted molar refractivity (Wildman–Crippen MR) is 160 cm³/mol. The van der Waals surface area contributed by atoms with E-state index in [1.165, 1.54) is 0 Å². The normalized spacial score (nSPS) is 12.4. The van der Waals surface area contributed by atoms with Crippen molar-refractivity contribution < 1.29 is 4.42 Å². The molecule has 3 heterocycles. The van der Waals surface area contributed by atoms with Crippen molar-refractivity contribution in [2.75, 3.05) is 4.90 Å². The van der Waals surface area contributed by atoms with Gasteiger partial charge in [0, 0.05) is 33.7 Å². The first-order chi connectivity index (χ1) is 19.6. The van der Waals surface area contributed by atoms with Crippen LogP contribution in [0.5, 0.6) is 0 Å². The Kier molecular flexibility index (Phi) is 4.49. The van der Waals surface area contributed by atoms with Crippen molar-refractivity contribution in [3.63, 3.8) is 0 Å². The van der Waals surface area contributed by atoms with E-state index in [9.17, 15) is 10.5 Å². The molecule has 0 N–H and O–H groups in total. The summed E-state index contributed by atoms with van der Waals surface area (Å²) in [5.74, 6) is 0. The Balaban J connectivity index is 1.56. The monoisotopic (exact) mass is 514 g/mol. The van der Waals surface area contributed by atoms with E-state index in [0.717, 1.165) is 71.9 Å². The van der Waals surface area contributed by atoms with Gasteiger partial charge in [-0.05, 0) is 79.6 Å². The smallest absolute Gasteiger partial charge is 0.137 e. The van der Waals surface area contributed by atoms with Gasteiger partial charge in [0.15, 0.2) is 0 Å². The van der Waals surface area contributed by atoms with Crippen LogP contribution in [0, 0.1) is 22.7 Å². The molecule has 0 saturated carbocycles. The van der Waals surface area contributed by atoms with Crippen LogP contribution in [0.2, 0.25) is 0 Å². The van der Waals surface area contributed by atoms with Gasteiger partial charge in [0.05, 0.1) is 51.4 Å². The number of aromatic nitrogens is 1. The van der Waals surface area contributed by atoms with Crippen LogP contribution in [-0.2, 0) is 0 Å². The molecule has 0 fully saturated rings. The Bertz CT molecular complexity index is 2270. The number of benzene rings is 5. The third-order valence-electron chi connectivity index (χ3n) is 8.07. The second kappa shape index (κ2) is 7.99. The lowest BCUT2D eigenvalue weighted by Crippen LogP contribution is -2.29. The lowest BCUT2D eigenvalue weighted by atomic mass is 9.98. The van der Waals surface area contributed by atoms with Crippen LogP contribution >= 0.6 is 0 Å². The van der Waals surface area contributed by atoms with E-state index in [2.05, 4.69) is 71.9 Å². The number of hydrogen-bond donors (Lipinski definition) is 0. The Hall–Kier alpha value is -5.52. The van der Waals surface area contributed by atoms with E-state index in [-0.39, 0.29) is 6.04 Å². The standard InChI is InChI=1S/C35H22N4O/c1-20(2)38-31-13-22(19-37)9-12-29(31)39-30-17-34-27(25-5-3-4-6-33(25)40-34)16-26(30)28-14-24(15-32(38)35(28)39)23-10-7-21(18-36)8-11-23/h3-17,20H,1-2H3. The van der Waals surface area contributed by atoms with Crippen LogP contribution in [0.1, 0.15) is 25.0 Å². The molecule has 188 valence electrons. The lowest BCUT2D eigenvalue weighted by molar-refractivity contribution is 0.669. The van der Waals surface area contributed by atoms with E-state index < -0.39 is 0 Å². The fourth-order valence-corrected chi connectivity index (χ4v) is 6.34. The highest BCUT2D eigenvalue weighted by Gasteiger charge is 2.30. The molecule has 0 bridgehead atoms. The van der Waals surface area contributed by atoms with Crippen LogP contribution in [0.15, 0.2) is 95.4 Å². The highest BCUT2D eigenvalue weighted by Crippen LogP contribution is 2.50. The Morgan fingerprint density at radius 1 is 0.625 bits per heavy atom. The Morgan fingerprint density at radius 3 is 2.17 bits per heavy atom. The van der Waals surface area contributed by atoms with Crippen molar-refractivity contribution in [1.29, 1.82) is 10.5 Å². The van der Waals surface area contributed by atoms with Gasteiger partial charge < -0.3 is 13.9 Å². The molecule has 5 aromatic carbocycles. The molecule has 0 saturated heterocycles. The molecular weight excluding hydrogens is 492 g/mol. The largest absolute Gasteiger partial charge is 0.456 e. The highest BCUT2D eigenvalue weighted by atomic mass is 16.3. The fraction of sp³-hybridized carbons (Fsp3) is 0.0857. The van der Waals surface area contributed by atoms with Gasteiger partial charge in [0.1, 0.15) is 11.2 Å². The molecule has 40 heavy (non-hydrogen) atoms. The topological polar surface area (TPSA) is 68.9 Å². The van der Waals surface area contributed by atoms with Gasteiger partial charge in [-0.1, -0.05) is 30.3 Å². The Labute approximate surface area is 230 Å². The van der Waals surface area contributed by atoms with Gasteiger partial charge in [-0.25, -0.2) is 0 Å². The number of furan rings is 1.